The average Bonchev–Trinajstić information content (AvgIpc) is 3.19. The van der Waals surface area contributed by atoms with Crippen LogP contribution in [0.3, 0.4) is 0 Å². The molecule has 1 heterocycles. The summed E-state index contributed by atoms with van der Waals surface area (Å²) in [7, 11) is 2.11. The van der Waals surface area contributed by atoms with Gasteiger partial charge in [-0.25, -0.2) is 0 Å². The number of nitrogens with zero attached hydrogens (tertiary/aromatic N) is 1. The van der Waals surface area contributed by atoms with Crippen molar-refractivity contribution in [2.24, 2.45) is 0 Å². The maximum Gasteiger partial charge on any atom is 0.123 e. The second-order valence-electron chi connectivity index (χ2n) is 5.80. The Hall–Kier alpha value is -1.26. The van der Waals surface area contributed by atoms with Crippen LogP contribution < -0.4 is 10.2 Å². The monoisotopic (exact) mass is 348 g/mol. The Kier molecular flexibility index (Phi) is 4.36. The van der Waals surface area contributed by atoms with E-state index < -0.39 is 0 Å². The molecule has 21 heavy (non-hydrogen) atoms. The Labute approximate surface area is 134 Å². The number of furan rings is 1. The largest absolute Gasteiger partial charge is 0.464 e. The van der Waals surface area contributed by atoms with Gasteiger partial charge in [0.1, 0.15) is 11.5 Å². The van der Waals surface area contributed by atoms with Gasteiger partial charge in [0.05, 0.1) is 6.54 Å². The van der Waals surface area contributed by atoms with Gasteiger partial charge in [0.15, 0.2) is 0 Å². The lowest BCUT2D eigenvalue weighted by molar-refractivity contribution is 0.481. The Bertz CT molecular complexity index is 619. The lowest BCUT2D eigenvalue weighted by atomic mass is 10.1. The Morgan fingerprint density at radius 1 is 1.29 bits per heavy atom. The van der Waals surface area contributed by atoms with Gasteiger partial charge in [-0.1, -0.05) is 15.9 Å². The zero-order valence-corrected chi connectivity index (χ0v) is 14.1. The summed E-state index contributed by atoms with van der Waals surface area (Å²) in [6.07, 6.45) is 2.62. The van der Waals surface area contributed by atoms with Crippen molar-refractivity contribution in [3.8, 4) is 0 Å². The van der Waals surface area contributed by atoms with Crippen LogP contribution in [0.2, 0.25) is 0 Å². The van der Waals surface area contributed by atoms with Crippen molar-refractivity contribution >= 4 is 21.6 Å². The van der Waals surface area contributed by atoms with Gasteiger partial charge in [0, 0.05) is 29.8 Å². The number of hydrogen-bond acceptors (Lipinski definition) is 3. The molecule has 0 aliphatic heterocycles. The van der Waals surface area contributed by atoms with Crippen molar-refractivity contribution in [3.05, 3.63) is 51.9 Å². The van der Waals surface area contributed by atoms with E-state index in [1.165, 1.54) is 24.1 Å². The SMILES string of the molecule is Cc1ccc(CN(C)c2ccc(Br)cc2CNC2CC2)o1. The average molecular weight is 349 g/mol. The quantitative estimate of drug-likeness (QED) is 0.846. The highest BCUT2D eigenvalue weighted by Gasteiger charge is 2.21. The van der Waals surface area contributed by atoms with Crippen LogP contribution in [-0.4, -0.2) is 13.1 Å². The van der Waals surface area contributed by atoms with Crippen LogP contribution in [-0.2, 0) is 13.1 Å². The topological polar surface area (TPSA) is 28.4 Å². The highest BCUT2D eigenvalue weighted by molar-refractivity contribution is 9.10. The summed E-state index contributed by atoms with van der Waals surface area (Å²) in [6, 6.07) is 11.3. The second-order valence-corrected chi connectivity index (χ2v) is 6.71. The first-order valence-electron chi connectivity index (χ1n) is 7.40. The van der Waals surface area contributed by atoms with Gasteiger partial charge in [-0.15, -0.1) is 0 Å². The van der Waals surface area contributed by atoms with Gasteiger partial charge in [-0.3, -0.25) is 0 Å². The van der Waals surface area contributed by atoms with E-state index in [9.17, 15) is 0 Å². The second kappa shape index (κ2) is 6.24. The maximum atomic E-state index is 5.68. The molecule has 1 aliphatic carbocycles. The Balaban J connectivity index is 1.75. The van der Waals surface area contributed by atoms with Gasteiger partial charge in [-0.2, -0.15) is 0 Å². The summed E-state index contributed by atoms with van der Waals surface area (Å²) < 4.78 is 6.81. The highest BCUT2D eigenvalue weighted by atomic mass is 79.9. The molecule has 112 valence electrons. The van der Waals surface area contributed by atoms with E-state index in [-0.39, 0.29) is 0 Å². The molecule has 0 amide bonds. The van der Waals surface area contributed by atoms with Crippen LogP contribution in [0.1, 0.15) is 29.9 Å². The molecule has 1 aromatic heterocycles. The Morgan fingerprint density at radius 2 is 2.10 bits per heavy atom. The first-order chi connectivity index (χ1) is 10.1. The molecule has 2 aromatic rings. The summed E-state index contributed by atoms with van der Waals surface area (Å²) in [5.41, 5.74) is 2.57. The normalized spacial score (nSPS) is 14.4. The summed E-state index contributed by atoms with van der Waals surface area (Å²) in [5, 5.41) is 3.59. The maximum absolute atomic E-state index is 5.68. The van der Waals surface area contributed by atoms with Crippen molar-refractivity contribution in [1.82, 2.24) is 5.32 Å². The van der Waals surface area contributed by atoms with Crippen LogP contribution in [0.15, 0.2) is 39.2 Å². The molecule has 1 aliphatic rings. The minimum atomic E-state index is 0.717. The van der Waals surface area contributed by atoms with E-state index in [2.05, 4.69) is 51.4 Å². The van der Waals surface area contributed by atoms with E-state index in [1.54, 1.807) is 0 Å². The Morgan fingerprint density at radius 3 is 2.76 bits per heavy atom. The van der Waals surface area contributed by atoms with Crippen molar-refractivity contribution in [2.75, 3.05) is 11.9 Å². The molecular formula is C17H21BrN2O. The number of benzene rings is 1. The number of anilines is 1. The molecule has 0 atom stereocenters. The first-order valence-corrected chi connectivity index (χ1v) is 8.19. The third-order valence-electron chi connectivity index (χ3n) is 3.80. The van der Waals surface area contributed by atoms with E-state index in [4.69, 9.17) is 4.42 Å². The van der Waals surface area contributed by atoms with Crippen molar-refractivity contribution in [2.45, 2.75) is 38.9 Å². The first kappa shape index (κ1) is 14.7. The molecule has 0 unspecified atom stereocenters. The van der Waals surface area contributed by atoms with Gasteiger partial charge in [0.25, 0.3) is 0 Å². The zero-order valence-electron chi connectivity index (χ0n) is 12.5. The third kappa shape index (κ3) is 3.89. The van der Waals surface area contributed by atoms with Gasteiger partial charge in [-0.05, 0) is 55.7 Å². The predicted molar refractivity (Wildman–Crippen MR) is 89.6 cm³/mol. The molecule has 1 fully saturated rings. The van der Waals surface area contributed by atoms with Gasteiger partial charge >= 0.3 is 0 Å². The fourth-order valence-corrected chi connectivity index (χ4v) is 2.91. The minimum absolute atomic E-state index is 0.717. The molecule has 1 N–H and O–H groups in total. The number of hydrogen-bond donors (Lipinski definition) is 1. The molecule has 0 radical (unpaired) electrons. The molecule has 4 heteroatoms. The zero-order chi connectivity index (χ0) is 14.8. The molecule has 3 nitrogen and oxygen atoms in total. The third-order valence-corrected chi connectivity index (χ3v) is 4.29. The molecule has 1 saturated carbocycles. The van der Waals surface area contributed by atoms with E-state index in [1.807, 2.05) is 19.1 Å². The van der Waals surface area contributed by atoms with E-state index in [0.717, 1.165) is 35.1 Å². The lowest BCUT2D eigenvalue weighted by Crippen LogP contribution is -2.21. The molecule has 3 rings (SSSR count). The van der Waals surface area contributed by atoms with Gasteiger partial charge in [0.2, 0.25) is 0 Å². The fraction of sp³-hybridized carbons (Fsp3) is 0.412. The van der Waals surface area contributed by atoms with Crippen molar-refractivity contribution in [1.29, 1.82) is 0 Å². The van der Waals surface area contributed by atoms with Gasteiger partial charge < -0.3 is 14.6 Å². The standard InChI is InChI=1S/C17H21BrN2O/c1-12-3-7-16(21-12)11-20(2)17-8-4-14(18)9-13(17)10-19-15-5-6-15/h3-4,7-9,15,19H,5-6,10-11H2,1-2H3. The van der Waals surface area contributed by atoms with Crippen LogP contribution in [0.25, 0.3) is 0 Å². The smallest absolute Gasteiger partial charge is 0.123 e. The summed E-state index contributed by atoms with van der Waals surface area (Å²) in [5.74, 6) is 1.96. The molecule has 0 spiro atoms. The molecule has 0 saturated heterocycles. The predicted octanol–water partition coefficient (Wildman–Crippen LogP) is 4.24. The number of nitrogens with one attached hydrogen (secondary N) is 1. The summed E-state index contributed by atoms with van der Waals surface area (Å²) in [6.45, 7) is 3.68. The number of rotatable bonds is 6. The minimum Gasteiger partial charge on any atom is -0.464 e. The van der Waals surface area contributed by atoms with Crippen LogP contribution >= 0.6 is 15.9 Å². The lowest BCUT2D eigenvalue weighted by Gasteiger charge is -2.22. The van der Waals surface area contributed by atoms with Crippen LogP contribution in [0.4, 0.5) is 5.69 Å². The van der Waals surface area contributed by atoms with E-state index >= 15 is 0 Å². The highest BCUT2D eigenvalue weighted by Crippen LogP contribution is 2.27. The van der Waals surface area contributed by atoms with Crippen molar-refractivity contribution in [3.63, 3.8) is 0 Å². The van der Waals surface area contributed by atoms with E-state index in [0.29, 0.717) is 0 Å². The van der Waals surface area contributed by atoms with Crippen LogP contribution in [0.5, 0.6) is 0 Å². The molecule has 0 bridgehead atoms. The molecular weight excluding hydrogens is 328 g/mol. The summed E-state index contributed by atoms with van der Waals surface area (Å²) >= 11 is 3.57. The molecule has 1 aromatic carbocycles. The van der Waals surface area contributed by atoms with Crippen LogP contribution in [0, 0.1) is 6.92 Å². The number of aryl methyl sites for hydroxylation is 1. The summed E-state index contributed by atoms with van der Waals surface area (Å²) in [4.78, 5) is 2.24. The van der Waals surface area contributed by atoms with Crippen molar-refractivity contribution < 1.29 is 4.42 Å². The fourth-order valence-electron chi connectivity index (χ4n) is 2.50. The number of halogens is 1.